The summed E-state index contributed by atoms with van der Waals surface area (Å²) in [6.07, 6.45) is 6.04. The monoisotopic (exact) mass is 508 g/mol. The summed E-state index contributed by atoms with van der Waals surface area (Å²) in [7, 11) is 0.920. The van der Waals surface area contributed by atoms with Crippen molar-refractivity contribution in [1.29, 1.82) is 0 Å². The Labute approximate surface area is 218 Å². The molecule has 1 atom stereocenters. The number of likely N-dealkylation sites (tertiary alicyclic amines) is 1. The second-order valence-electron chi connectivity index (χ2n) is 11.5. The number of nitrogens with one attached hydrogen (secondary N) is 2. The lowest BCUT2D eigenvalue weighted by Gasteiger charge is -2.35. The van der Waals surface area contributed by atoms with Gasteiger partial charge in [-0.2, -0.15) is 0 Å². The number of H-pyrrole nitrogens is 1. The average Bonchev–Trinajstić information content (AvgIpc) is 3.65. The number of rotatable bonds is 5. The molecule has 2 amide bonds. The maximum absolute atomic E-state index is 13.7. The van der Waals surface area contributed by atoms with Crippen molar-refractivity contribution in [2.75, 3.05) is 13.7 Å². The number of methoxy groups -OCH3 is 1. The quantitative estimate of drug-likeness (QED) is 0.597. The van der Waals surface area contributed by atoms with E-state index in [2.05, 4.69) is 15.3 Å². The average molecular weight is 508 g/mol. The van der Waals surface area contributed by atoms with E-state index in [1.807, 2.05) is 63.1 Å². The molecule has 3 aliphatic rings. The number of hydrogen-bond acceptors (Lipinski definition) is 6. The SMILES string of the molecule is COC(=O)NC1(C(=O)N2CCC[C@H]2c2ncc(-c3ccc(B4OC(C)(C)C(C)(C)O4)cc3)[nH]2)CCCC1. The first-order chi connectivity index (χ1) is 17.6. The summed E-state index contributed by atoms with van der Waals surface area (Å²) >= 11 is 0. The molecule has 1 aromatic carbocycles. The number of benzene rings is 1. The van der Waals surface area contributed by atoms with Crippen molar-refractivity contribution in [1.82, 2.24) is 20.2 Å². The van der Waals surface area contributed by atoms with Crippen molar-refractivity contribution >= 4 is 24.6 Å². The van der Waals surface area contributed by atoms with Crippen molar-refractivity contribution in [3.05, 3.63) is 36.3 Å². The van der Waals surface area contributed by atoms with Crippen LogP contribution in [-0.2, 0) is 18.8 Å². The molecule has 2 saturated heterocycles. The zero-order chi connectivity index (χ0) is 26.4. The van der Waals surface area contributed by atoms with E-state index in [-0.39, 0.29) is 23.2 Å². The topological polar surface area (TPSA) is 106 Å². The molecule has 2 aromatic rings. The molecule has 1 aromatic heterocycles. The summed E-state index contributed by atoms with van der Waals surface area (Å²) in [6.45, 7) is 8.83. The third-order valence-corrected chi connectivity index (χ3v) is 8.57. The van der Waals surface area contributed by atoms with Crippen LogP contribution >= 0.6 is 0 Å². The number of ether oxygens (including phenoxy) is 1. The maximum atomic E-state index is 13.7. The van der Waals surface area contributed by atoms with Gasteiger partial charge in [-0.1, -0.05) is 37.1 Å². The van der Waals surface area contributed by atoms with Crippen molar-refractivity contribution in [3.8, 4) is 11.3 Å². The zero-order valence-corrected chi connectivity index (χ0v) is 22.4. The number of aromatic nitrogens is 2. The predicted molar refractivity (Wildman–Crippen MR) is 140 cm³/mol. The number of carbonyl (C=O) groups is 2. The van der Waals surface area contributed by atoms with Gasteiger partial charge in [0.05, 0.1) is 36.2 Å². The van der Waals surface area contributed by atoms with Gasteiger partial charge in [0.2, 0.25) is 5.91 Å². The zero-order valence-electron chi connectivity index (χ0n) is 22.4. The van der Waals surface area contributed by atoms with Gasteiger partial charge in [0.25, 0.3) is 0 Å². The molecule has 0 spiro atoms. The van der Waals surface area contributed by atoms with Crippen molar-refractivity contribution in [2.24, 2.45) is 0 Å². The van der Waals surface area contributed by atoms with Crippen LogP contribution in [-0.4, -0.2) is 64.4 Å². The lowest BCUT2D eigenvalue weighted by atomic mass is 9.79. The Kier molecular flexibility index (Phi) is 6.60. The minimum atomic E-state index is -0.894. The normalized spacial score (nSPS) is 23.9. The predicted octanol–water partition coefficient (Wildman–Crippen LogP) is 3.71. The van der Waals surface area contributed by atoms with E-state index in [4.69, 9.17) is 14.0 Å². The Hall–Kier alpha value is -2.85. The number of alkyl carbamates (subject to hydrolysis) is 1. The van der Waals surface area contributed by atoms with Gasteiger partial charge in [-0.25, -0.2) is 9.78 Å². The smallest absolute Gasteiger partial charge is 0.453 e. The minimum absolute atomic E-state index is 0.0392. The Balaban J connectivity index is 1.31. The second-order valence-corrected chi connectivity index (χ2v) is 11.5. The van der Waals surface area contributed by atoms with Crippen LogP contribution in [0.4, 0.5) is 4.79 Å². The number of hydrogen-bond donors (Lipinski definition) is 2. The summed E-state index contributed by atoms with van der Waals surface area (Å²) < 4.78 is 17.2. The van der Waals surface area contributed by atoms with Crippen LogP contribution in [0.5, 0.6) is 0 Å². The standard InChI is InChI=1S/C27H37BN4O5/c1-25(2)26(3,4)37-28(36-25)19-12-10-18(11-13-19)20-17-29-22(30-20)21-9-8-16-32(21)23(33)27(14-6-7-15-27)31-24(34)35-5/h10-13,17,21H,6-9,14-16H2,1-5H3,(H,29,30)(H,31,34)/t21-/m0/s1. The fraction of sp³-hybridized carbons (Fsp3) is 0.593. The number of amides is 2. The van der Waals surface area contributed by atoms with Gasteiger partial charge >= 0.3 is 13.2 Å². The Morgan fingerprint density at radius 3 is 2.35 bits per heavy atom. The molecule has 1 aliphatic carbocycles. The van der Waals surface area contributed by atoms with Crippen LogP contribution in [0.3, 0.4) is 0 Å². The number of imidazole rings is 1. The van der Waals surface area contributed by atoms with Crippen molar-refractivity contribution < 1.29 is 23.6 Å². The van der Waals surface area contributed by atoms with Crippen LogP contribution < -0.4 is 10.8 Å². The fourth-order valence-corrected chi connectivity index (χ4v) is 5.64. The minimum Gasteiger partial charge on any atom is -0.453 e. The summed E-state index contributed by atoms with van der Waals surface area (Å²) in [6, 6.07) is 7.95. The second kappa shape index (κ2) is 9.47. The fourth-order valence-electron chi connectivity index (χ4n) is 5.64. The van der Waals surface area contributed by atoms with E-state index in [0.717, 1.165) is 48.2 Å². The van der Waals surface area contributed by atoms with Gasteiger partial charge in [0, 0.05) is 6.54 Å². The molecule has 10 heteroatoms. The Morgan fingerprint density at radius 2 is 1.73 bits per heavy atom. The van der Waals surface area contributed by atoms with Gasteiger partial charge in [-0.3, -0.25) is 4.79 Å². The van der Waals surface area contributed by atoms with E-state index in [9.17, 15) is 9.59 Å². The van der Waals surface area contributed by atoms with Gasteiger partial charge < -0.3 is 29.2 Å². The molecule has 0 bridgehead atoms. The number of nitrogens with zero attached hydrogens (tertiary/aromatic N) is 2. The highest BCUT2D eigenvalue weighted by molar-refractivity contribution is 6.62. The first kappa shape index (κ1) is 25.8. The first-order valence-electron chi connectivity index (χ1n) is 13.2. The molecule has 9 nitrogen and oxygen atoms in total. The maximum Gasteiger partial charge on any atom is 0.494 e. The summed E-state index contributed by atoms with van der Waals surface area (Å²) in [5.74, 6) is 0.727. The van der Waals surface area contributed by atoms with Crippen LogP contribution in [0.25, 0.3) is 11.3 Å². The van der Waals surface area contributed by atoms with Crippen LogP contribution in [0.15, 0.2) is 30.5 Å². The molecule has 198 valence electrons. The molecular weight excluding hydrogens is 471 g/mol. The third-order valence-electron chi connectivity index (χ3n) is 8.57. The molecule has 0 radical (unpaired) electrons. The van der Waals surface area contributed by atoms with Crippen LogP contribution in [0, 0.1) is 0 Å². The van der Waals surface area contributed by atoms with E-state index < -0.39 is 18.8 Å². The summed E-state index contributed by atoms with van der Waals surface area (Å²) in [5, 5.41) is 2.86. The van der Waals surface area contributed by atoms with Crippen molar-refractivity contribution in [2.45, 2.75) is 89.0 Å². The molecule has 2 N–H and O–H groups in total. The van der Waals surface area contributed by atoms with E-state index >= 15 is 0 Å². The summed E-state index contributed by atoms with van der Waals surface area (Å²) in [5.41, 5.74) is 1.18. The highest BCUT2D eigenvalue weighted by Crippen LogP contribution is 2.39. The van der Waals surface area contributed by atoms with Crippen molar-refractivity contribution in [3.63, 3.8) is 0 Å². The lowest BCUT2D eigenvalue weighted by Crippen LogP contribution is -2.58. The lowest BCUT2D eigenvalue weighted by molar-refractivity contribution is -0.139. The Morgan fingerprint density at radius 1 is 1.08 bits per heavy atom. The summed E-state index contributed by atoms with van der Waals surface area (Å²) in [4.78, 5) is 35.8. The van der Waals surface area contributed by atoms with Gasteiger partial charge in [-0.05, 0) is 64.4 Å². The van der Waals surface area contributed by atoms with E-state index in [0.29, 0.717) is 19.4 Å². The van der Waals surface area contributed by atoms with Crippen LogP contribution in [0.2, 0.25) is 0 Å². The Bertz CT molecular complexity index is 1140. The van der Waals surface area contributed by atoms with Gasteiger partial charge in [-0.15, -0.1) is 0 Å². The van der Waals surface area contributed by atoms with Crippen LogP contribution in [0.1, 0.15) is 78.1 Å². The van der Waals surface area contributed by atoms with Gasteiger partial charge in [0.1, 0.15) is 11.4 Å². The number of carbonyl (C=O) groups excluding carboxylic acids is 2. The van der Waals surface area contributed by atoms with Gasteiger partial charge in [0.15, 0.2) is 0 Å². The molecule has 1 saturated carbocycles. The highest BCUT2D eigenvalue weighted by atomic mass is 16.7. The first-order valence-corrected chi connectivity index (χ1v) is 13.2. The molecule has 3 heterocycles. The molecule has 37 heavy (non-hydrogen) atoms. The third kappa shape index (κ3) is 4.65. The molecule has 3 fully saturated rings. The molecule has 2 aliphatic heterocycles. The molecule has 5 rings (SSSR count). The van der Waals surface area contributed by atoms with E-state index in [1.165, 1.54) is 7.11 Å². The largest absolute Gasteiger partial charge is 0.494 e. The van der Waals surface area contributed by atoms with E-state index in [1.54, 1.807) is 0 Å². The molecule has 0 unspecified atom stereocenters. The number of aromatic amines is 1. The molecular formula is C27H37BN4O5. The highest BCUT2D eigenvalue weighted by Gasteiger charge is 2.52.